The molecular formula is C16H13ClN2O. The van der Waals surface area contributed by atoms with E-state index in [9.17, 15) is 0 Å². The number of aromatic nitrogens is 2. The zero-order chi connectivity index (χ0) is 13.9. The summed E-state index contributed by atoms with van der Waals surface area (Å²) >= 11 is 6.00. The number of ether oxygens (including phenoxy) is 1. The Morgan fingerprint density at radius 1 is 1.10 bits per heavy atom. The highest BCUT2D eigenvalue weighted by Crippen LogP contribution is 2.23. The van der Waals surface area contributed by atoms with Crippen molar-refractivity contribution in [1.29, 1.82) is 0 Å². The molecule has 0 saturated carbocycles. The summed E-state index contributed by atoms with van der Waals surface area (Å²) in [6, 6.07) is 13.5. The largest absolute Gasteiger partial charge is 0.478 e. The molecule has 0 saturated heterocycles. The maximum Gasteiger partial charge on any atom is 0.213 e. The lowest BCUT2D eigenvalue weighted by atomic mass is 10.1. The molecule has 1 aromatic carbocycles. The first-order valence-corrected chi connectivity index (χ1v) is 6.79. The van der Waals surface area contributed by atoms with Crippen molar-refractivity contribution >= 4 is 22.5 Å². The minimum Gasteiger partial charge on any atom is -0.478 e. The third kappa shape index (κ3) is 2.58. The normalized spacial score (nSPS) is 10.7. The Balaban J connectivity index is 2.00. The minimum absolute atomic E-state index is 0.610. The Labute approximate surface area is 122 Å². The van der Waals surface area contributed by atoms with E-state index in [0.29, 0.717) is 17.5 Å². The van der Waals surface area contributed by atoms with Crippen molar-refractivity contribution < 1.29 is 4.74 Å². The van der Waals surface area contributed by atoms with Crippen molar-refractivity contribution in [3.8, 4) is 17.1 Å². The average molecular weight is 285 g/mol. The quantitative estimate of drug-likeness (QED) is 0.717. The van der Waals surface area contributed by atoms with Gasteiger partial charge in [-0.05, 0) is 31.2 Å². The molecule has 0 radical (unpaired) electrons. The van der Waals surface area contributed by atoms with E-state index in [1.807, 2.05) is 49.4 Å². The van der Waals surface area contributed by atoms with Crippen LogP contribution in [-0.4, -0.2) is 16.6 Å². The molecule has 0 atom stereocenters. The maximum atomic E-state index is 6.00. The van der Waals surface area contributed by atoms with Crippen molar-refractivity contribution in [2.24, 2.45) is 0 Å². The molecule has 2 heterocycles. The fraction of sp³-hybridized carbons (Fsp3) is 0.125. The van der Waals surface area contributed by atoms with Gasteiger partial charge >= 0.3 is 0 Å². The molecule has 0 N–H and O–H groups in total. The van der Waals surface area contributed by atoms with Crippen LogP contribution in [0.2, 0.25) is 5.02 Å². The highest BCUT2D eigenvalue weighted by molar-refractivity contribution is 6.31. The predicted octanol–water partition coefficient (Wildman–Crippen LogP) is 4.35. The molecule has 0 aliphatic heterocycles. The first-order chi connectivity index (χ1) is 9.76. The number of pyridine rings is 2. The van der Waals surface area contributed by atoms with Crippen molar-refractivity contribution in [3.05, 3.63) is 53.7 Å². The van der Waals surface area contributed by atoms with Crippen LogP contribution in [0.3, 0.4) is 0 Å². The molecule has 20 heavy (non-hydrogen) atoms. The lowest BCUT2D eigenvalue weighted by Crippen LogP contribution is -1.94. The zero-order valence-electron chi connectivity index (χ0n) is 11.0. The number of hydrogen-bond acceptors (Lipinski definition) is 3. The molecule has 0 aliphatic rings. The van der Waals surface area contributed by atoms with Gasteiger partial charge in [-0.3, -0.25) is 0 Å². The number of fused-ring (bicyclic) bond motifs is 1. The minimum atomic E-state index is 0.610. The summed E-state index contributed by atoms with van der Waals surface area (Å²) in [5.41, 5.74) is 2.70. The van der Waals surface area contributed by atoms with Crippen LogP contribution >= 0.6 is 11.6 Å². The van der Waals surface area contributed by atoms with Crippen LogP contribution in [0.5, 0.6) is 5.88 Å². The molecule has 0 spiro atoms. The van der Waals surface area contributed by atoms with Gasteiger partial charge in [0.25, 0.3) is 0 Å². The molecule has 3 aromatic rings. The van der Waals surface area contributed by atoms with E-state index in [0.717, 1.165) is 22.2 Å². The van der Waals surface area contributed by atoms with E-state index < -0.39 is 0 Å². The summed E-state index contributed by atoms with van der Waals surface area (Å²) in [6.07, 6.45) is 1.77. The van der Waals surface area contributed by atoms with Crippen molar-refractivity contribution in [3.63, 3.8) is 0 Å². The Bertz CT molecular complexity index is 741. The first kappa shape index (κ1) is 12.9. The molecular weight excluding hydrogens is 272 g/mol. The SMILES string of the molecule is CCOc1ccc(-c2ccc3ccc(Cl)cc3n2)cn1. The summed E-state index contributed by atoms with van der Waals surface area (Å²) in [4.78, 5) is 8.87. The number of halogens is 1. The van der Waals surface area contributed by atoms with E-state index >= 15 is 0 Å². The summed E-state index contributed by atoms with van der Waals surface area (Å²) in [6.45, 7) is 2.54. The number of hydrogen-bond donors (Lipinski definition) is 0. The van der Waals surface area contributed by atoms with Crippen LogP contribution in [0.1, 0.15) is 6.92 Å². The molecule has 3 nitrogen and oxygen atoms in total. The fourth-order valence-electron chi connectivity index (χ4n) is 2.02. The van der Waals surface area contributed by atoms with Gasteiger partial charge in [0.05, 0.1) is 17.8 Å². The lowest BCUT2D eigenvalue weighted by Gasteiger charge is -2.05. The molecule has 0 unspecified atom stereocenters. The van der Waals surface area contributed by atoms with E-state index in [-0.39, 0.29) is 0 Å². The molecule has 0 bridgehead atoms. The molecule has 4 heteroatoms. The van der Waals surface area contributed by atoms with Gasteiger partial charge < -0.3 is 4.74 Å². The maximum absolute atomic E-state index is 6.00. The zero-order valence-corrected chi connectivity index (χ0v) is 11.8. The number of benzene rings is 1. The van der Waals surface area contributed by atoms with Crippen LogP contribution < -0.4 is 4.74 Å². The molecule has 100 valence electrons. The second-order valence-corrected chi connectivity index (χ2v) is 4.79. The van der Waals surface area contributed by atoms with Gasteiger partial charge in [0, 0.05) is 28.2 Å². The molecule has 2 aromatic heterocycles. The Morgan fingerprint density at radius 3 is 2.70 bits per heavy atom. The molecule has 0 fully saturated rings. The standard InChI is InChI=1S/C16H13ClN2O/c1-2-20-16-8-5-12(10-18-16)14-7-4-11-3-6-13(17)9-15(11)19-14/h3-10H,2H2,1H3. The summed E-state index contributed by atoms with van der Waals surface area (Å²) in [5, 5.41) is 1.75. The Kier molecular flexibility index (Phi) is 3.52. The second kappa shape index (κ2) is 5.47. The highest BCUT2D eigenvalue weighted by Gasteiger charge is 2.03. The first-order valence-electron chi connectivity index (χ1n) is 6.42. The number of rotatable bonds is 3. The third-order valence-electron chi connectivity index (χ3n) is 2.98. The van der Waals surface area contributed by atoms with Gasteiger partial charge in [0.15, 0.2) is 0 Å². The van der Waals surface area contributed by atoms with Gasteiger partial charge in [-0.25, -0.2) is 9.97 Å². The lowest BCUT2D eigenvalue weighted by molar-refractivity contribution is 0.327. The Morgan fingerprint density at radius 2 is 1.95 bits per heavy atom. The van der Waals surface area contributed by atoms with E-state index in [1.165, 1.54) is 0 Å². The van der Waals surface area contributed by atoms with Crippen LogP contribution in [0, 0.1) is 0 Å². The summed E-state index contributed by atoms with van der Waals surface area (Å²) in [5.74, 6) is 0.625. The molecule has 0 amide bonds. The fourth-order valence-corrected chi connectivity index (χ4v) is 2.18. The van der Waals surface area contributed by atoms with Gasteiger partial charge in [0.2, 0.25) is 5.88 Å². The van der Waals surface area contributed by atoms with Crippen molar-refractivity contribution in [2.45, 2.75) is 6.92 Å². The van der Waals surface area contributed by atoms with Gasteiger partial charge in [-0.2, -0.15) is 0 Å². The van der Waals surface area contributed by atoms with Crippen molar-refractivity contribution in [2.75, 3.05) is 6.61 Å². The topological polar surface area (TPSA) is 35.0 Å². The average Bonchev–Trinajstić information content (AvgIpc) is 2.47. The van der Waals surface area contributed by atoms with E-state index in [4.69, 9.17) is 16.3 Å². The summed E-state index contributed by atoms with van der Waals surface area (Å²) < 4.78 is 5.33. The van der Waals surface area contributed by atoms with Gasteiger partial charge in [-0.15, -0.1) is 0 Å². The van der Waals surface area contributed by atoms with E-state index in [1.54, 1.807) is 6.20 Å². The molecule has 3 rings (SSSR count). The van der Waals surface area contributed by atoms with Crippen LogP contribution in [-0.2, 0) is 0 Å². The third-order valence-corrected chi connectivity index (χ3v) is 3.21. The highest BCUT2D eigenvalue weighted by atomic mass is 35.5. The molecule has 0 aliphatic carbocycles. The van der Waals surface area contributed by atoms with Gasteiger partial charge in [0.1, 0.15) is 0 Å². The smallest absolute Gasteiger partial charge is 0.213 e. The van der Waals surface area contributed by atoms with Crippen LogP contribution in [0.4, 0.5) is 0 Å². The Hall–Kier alpha value is -2.13. The predicted molar refractivity (Wildman–Crippen MR) is 81.2 cm³/mol. The monoisotopic (exact) mass is 284 g/mol. The second-order valence-electron chi connectivity index (χ2n) is 4.35. The van der Waals surface area contributed by atoms with Crippen LogP contribution in [0.25, 0.3) is 22.2 Å². The van der Waals surface area contributed by atoms with E-state index in [2.05, 4.69) is 9.97 Å². The van der Waals surface area contributed by atoms with Gasteiger partial charge in [-0.1, -0.05) is 23.7 Å². The number of nitrogens with zero attached hydrogens (tertiary/aromatic N) is 2. The summed E-state index contributed by atoms with van der Waals surface area (Å²) in [7, 11) is 0. The van der Waals surface area contributed by atoms with Crippen molar-refractivity contribution in [1.82, 2.24) is 9.97 Å². The van der Waals surface area contributed by atoms with Crippen LogP contribution in [0.15, 0.2) is 48.7 Å².